The molecule has 13 heteroatoms. The average molecular weight is 780 g/mol. The molecule has 4 N–H and O–H groups in total. The van der Waals surface area contributed by atoms with Crippen LogP contribution in [0.5, 0.6) is 0 Å². The number of methoxy groups -OCH3 is 1. The number of imidazole rings is 2. The first-order valence-corrected chi connectivity index (χ1v) is 20.9. The maximum Gasteiger partial charge on any atom is 0.407 e. The second-order valence-electron chi connectivity index (χ2n) is 15.1. The topological polar surface area (TPSA) is 145 Å². The Morgan fingerprint density at radius 1 is 1.09 bits per heavy atom. The molecule has 5 aromatic rings. The summed E-state index contributed by atoms with van der Waals surface area (Å²) < 4.78 is 4.77. The lowest BCUT2D eigenvalue weighted by molar-refractivity contribution is -0.135. The Hall–Kier alpha value is -4.88. The summed E-state index contributed by atoms with van der Waals surface area (Å²) in [5, 5.41) is 7.71. The van der Waals surface area contributed by atoms with Crippen LogP contribution in [-0.2, 0) is 14.3 Å². The van der Waals surface area contributed by atoms with E-state index in [1.807, 2.05) is 54.1 Å². The molecule has 0 radical (unpaired) electrons. The number of hydrogen-bond donors (Lipinski definition) is 4. The lowest BCUT2D eigenvalue weighted by Gasteiger charge is -2.30. The zero-order valence-electron chi connectivity index (χ0n) is 31.9. The maximum atomic E-state index is 13.6. The van der Waals surface area contributed by atoms with Crippen molar-refractivity contribution < 1.29 is 19.1 Å². The van der Waals surface area contributed by atoms with E-state index in [0.29, 0.717) is 24.9 Å². The molecule has 0 aliphatic carbocycles. The van der Waals surface area contributed by atoms with Crippen molar-refractivity contribution in [2.45, 2.75) is 75.8 Å². The van der Waals surface area contributed by atoms with E-state index in [1.165, 1.54) is 33.6 Å². The van der Waals surface area contributed by atoms with Gasteiger partial charge in [-0.2, -0.15) is 0 Å². The molecule has 288 valence electrons. The number of alkyl carbamates (subject to hydrolysis) is 1. The quantitative estimate of drug-likeness (QED) is 0.0503. The number of thiophene rings is 1. The monoisotopic (exact) mass is 779 g/mol. The fourth-order valence-electron chi connectivity index (χ4n) is 7.69. The number of rotatable bonds is 14. The molecular formula is C42H49N7O4S2. The number of carbonyl (C=O) groups is 3. The molecule has 1 saturated heterocycles. The van der Waals surface area contributed by atoms with E-state index in [4.69, 9.17) is 14.7 Å². The molecule has 1 fully saturated rings. The Kier molecular flexibility index (Phi) is 11.8. The number of H-pyrrole nitrogens is 2. The number of aromatic nitrogens is 4. The standard InChI is InChI=1S/C42H49N7O4S2/c1-24(2)18-29(8-6-16-43-23-50)39-45-32-15-14-28(19-33(32)46-39)31-22-55-37-30(21-54-38(31)37)26-10-12-27(13-11-26)34-20-44-40(47-34)35-9-7-17-49(35)41(51)36(25(3)4)48-42(52)53-5/h6,8,10-15,19-20,22-25,29-30,35-36H,7,9,16-18,21H2,1-5H3,(H,43,50)(H,44,47)(H,45,46)(H,48,52)/b8-6-. The maximum absolute atomic E-state index is 13.6. The molecule has 2 aromatic carbocycles. The Bertz CT molecular complexity index is 2170. The Balaban J connectivity index is 1.05. The number of likely N-dealkylation sites (tertiary alicyclic amines) is 1. The molecule has 2 aliphatic rings. The Morgan fingerprint density at radius 3 is 2.64 bits per heavy atom. The van der Waals surface area contributed by atoms with Crippen molar-refractivity contribution in [3.8, 4) is 22.4 Å². The summed E-state index contributed by atoms with van der Waals surface area (Å²) >= 11 is 3.76. The van der Waals surface area contributed by atoms with E-state index in [2.05, 4.69) is 88.4 Å². The van der Waals surface area contributed by atoms with Crippen molar-refractivity contribution in [1.82, 2.24) is 35.5 Å². The van der Waals surface area contributed by atoms with Crippen LogP contribution in [0.25, 0.3) is 33.4 Å². The van der Waals surface area contributed by atoms with E-state index in [9.17, 15) is 14.4 Å². The van der Waals surface area contributed by atoms with Gasteiger partial charge in [-0.3, -0.25) is 9.59 Å². The third kappa shape index (κ3) is 8.23. The number of fused-ring (bicyclic) bond motifs is 2. The normalized spacial score (nSPS) is 18.0. The van der Waals surface area contributed by atoms with Gasteiger partial charge >= 0.3 is 6.09 Å². The highest BCUT2D eigenvalue weighted by molar-refractivity contribution is 8.00. The molecule has 4 unspecified atom stereocenters. The predicted octanol–water partition coefficient (Wildman–Crippen LogP) is 8.40. The number of nitrogens with zero attached hydrogens (tertiary/aromatic N) is 3. The van der Waals surface area contributed by atoms with Gasteiger partial charge in [0.1, 0.15) is 17.7 Å². The number of nitrogens with one attached hydrogen (secondary N) is 4. The van der Waals surface area contributed by atoms with Gasteiger partial charge in [-0.25, -0.2) is 14.8 Å². The average Bonchev–Trinajstić information content (AvgIpc) is 4.02. The van der Waals surface area contributed by atoms with Gasteiger partial charge in [0, 0.05) is 51.4 Å². The van der Waals surface area contributed by atoms with Crippen molar-refractivity contribution in [1.29, 1.82) is 0 Å². The van der Waals surface area contributed by atoms with Crippen LogP contribution >= 0.6 is 23.1 Å². The summed E-state index contributed by atoms with van der Waals surface area (Å²) in [6.45, 7) is 9.38. The number of thioether (sulfide) groups is 1. The number of hydrogen-bond acceptors (Lipinski definition) is 8. The highest BCUT2D eigenvalue weighted by Gasteiger charge is 2.37. The summed E-state index contributed by atoms with van der Waals surface area (Å²) in [5.74, 6) is 3.45. The predicted molar refractivity (Wildman–Crippen MR) is 219 cm³/mol. The van der Waals surface area contributed by atoms with Gasteiger partial charge in [0.25, 0.3) is 0 Å². The van der Waals surface area contributed by atoms with Gasteiger partial charge in [-0.1, -0.05) is 70.2 Å². The largest absolute Gasteiger partial charge is 0.453 e. The summed E-state index contributed by atoms with van der Waals surface area (Å²) in [6.07, 6.45) is 8.73. The first-order chi connectivity index (χ1) is 26.6. The van der Waals surface area contributed by atoms with Crippen LogP contribution in [0.15, 0.2) is 71.1 Å². The summed E-state index contributed by atoms with van der Waals surface area (Å²) in [6, 6.07) is 14.4. The summed E-state index contributed by atoms with van der Waals surface area (Å²) in [7, 11) is 1.30. The number of aromatic amines is 2. The second kappa shape index (κ2) is 16.9. The van der Waals surface area contributed by atoms with Crippen molar-refractivity contribution in [2.75, 3.05) is 26.0 Å². The molecule has 2 aliphatic heterocycles. The molecule has 0 saturated carbocycles. The van der Waals surface area contributed by atoms with Crippen LogP contribution in [0.4, 0.5) is 4.79 Å². The number of ether oxygens (including phenoxy) is 1. The van der Waals surface area contributed by atoms with Gasteiger partial charge in [-0.15, -0.1) is 23.1 Å². The molecule has 5 heterocycles. The molecule has 11 nitrogen and oxygen atoms in total. The third-order valence-corrected chi connectivity index (χ3v) is 13.0. The lowest BCUT2D eigenvalue weighted by atomic mass is 9.96. The van der Waals surface area contributed by atoms with Gasteiger partial charge in [0.15, 0.2) is 0 Å². The highest BCUT2D eigenvalue weighted by Crippen LogP contribution is 2.51. The fraction of sp³-hybridized carbons (Fsp3) is 0.405. The van der Waals surface area contributed by atoms with Crippen LogP contribution in [0, 0.1) is 11.8 Å². The smallest absolute Gasteiger partial charge is 0.407 e. The zero-order chi connectivity index (χ0) is 38.6. The van der Waals surface area contributed by atoms with Gasteiger partial charge in [-0.05, 0) is 59.9 Å². The Labute approximate surface area is 330 Å². The molecule has 3 amide bonds. The molecular weight excluding hydrogens is 731 g/mol. The number of allylic oxidation sites excluding steroid dienone is 1. The van der Waals surface area contributed by atoms with Gasteiger partial charge in [0.05, 0.1) is 36.1 Å². The minimum absolute atomic E-state index is 0.0883. The van der Waals surface area contributed by atoms with Gasteiger partial charge in [0.2, 0.25) is 12.3 Å². The van der Waals surface area contributed by atoms with E-state index in [0.717, 1.165) is 65.4 Å². The number of benzene rings is 2. The highest BCUT2D eigenvalue weighted by atomic mass is 32.2. The van der Waals surface area contributed by atoms with E-state index >= 15 is 0 Å². The van der Waals surface area contributed by atoms with E-state index < -0.39 is 12.1 Å². The minimum atomic E-state index is -0.669. The minimum Gasteiger partial charge on any atom is -0.453 e. The number of amides is 3. The summed E-state index contributed by atoms with van der Waals surface area (Å²) in [5.41, 5.74) is 7.68. The van der Waals surface area contributed by atoms with Crippen LogP contribution < -0.4 is 10.6 Å². The summed E-state index contributed by atoms with van der Waals surface area (Å²) in [4.78, 5) is 57.6. The Morgan fingerprint density at radius 2 is 1.89 bits per heavy atom. The zero-order valence-corrected chi connectivity index (χ0v) is 33.6. The van der Waals surface area contributed by atoms with Crippen LogP contribution in [0.2, 0.25) is 0 Å². The van der Waals surface area contributed by atoms with Crippen LogP contribution in [0.1, 0.15) is 86.9 Å². The molecule has 0 bridgehead atoms. The molecule has 3 aromatic heterocycles. The van der Waals surface area contributed by atoms with E-state index in [-0.39, 0.29) is 23.8 Å². The van der Waals surface area contributed by atoms with Crippen molar-refractivity contribution in [3.05, 3.63) is 88.3 Å². The first-order valence-electron chi connectivity index (χ1n) is 19.0. The molecule has 7 rings (SSSR count). The van der Waals surface area contributed by atoms with Crippen LogP contribution in [-0.4, -0.2) is 75.2 Å². The van der Waals surface area contributed by atoms with Gasteiger partial charge < -0.3 is 30.2 Å². The molecule has 55 heavy (non-hydrogen) atoms. The lowest BCUT2D eigenvalue weighted by Crippen LogP contribution is -2.51. The molecule has 0 spiro atoms. The second-order valence-corrected chi connectivity index (χ2v) is 17.0. The van der Waals surface area contributed by atoms with Crippen molar-refractivity contribution in [3.63, 3.8) is 0 Å². The van der Waals surface area contributed by atoms with Crippen molar-refractivity contribution in [2.24, 2.45) is 11.8 Å². The SMILES string of the molecule is COC(=O)NC(C(=O)N1CCCC1c1ncc(-c2ccc(C3CSc4c(-c5ccc6nc(C(/C=C\CNC=O)CC(C)C)[nH]c6c5)csc43)cc2)[nH]1)C(C)C. The van der Waals surface area contributed by atoms with Crippen LogP contribution in [0.3, 0.4) is 0 Å². The van der Waals surface area contributed by atoms with E-state index in [1.54, 1.807) is 0 Å². The fourth-order valence-corrected chi connectivity index (χ4v) is 10.6. The third-order valence-electron chi connectivity index (χ3n) is 10.5. The first kappa shape index (κ1) is 38.4. The number of carbonyl (C=O) groups excluding carboxylic acids is 3. The van der Waals surface area contributed by atoms with Crippen molar-refractivity contribution >= 4 is 52.5 Å². The molecule has 4 atom stereocenters.